The van der Waals surface area contributed by atoms with Crippen molar-refractivity contribution in [3.63, 3.8) is 0 Å². The van der Waals surface area contributed by atoms with Crippen LogP contribution in [0, 0.1) is 0 Å². The van der Waals surface area contributed by atoms with E-state index in [2.05, 4.69) is 60.6 Å². The summed E-state index contributed by atoms with van der Waals surface area (Å²) in [5.74, 6) is 0.881. The molecule has 1 aliphatic rings. The molecule has 0 amide bonds. The number of benzene rings is 1. The standard InChI is InChI=1S/C21H36N4O2.HI/c1-4-22-21(23-10-5-11-25-12-14-26-15-13-25)24-16-19-6-8-20(9-7-19)17-27-18(2)3;/h6-9,18H,4-5,10-17H2,1-3H3,(H2,22,23,24);1H. The average Bonchev–Trinajstić information content (AvgIpc) is 2.69. The molecule has 6 nitrogen and oxygen atoms in total. The number of guanidine groups is 1. The molecule has 28 heavy (non-hydrogen) atoms. The minimum absolute atomic E-state index is 0. The molecule has 1 aromatic carbocycles. The summed E-state index contributed by atoms with van der Waals surface area (Å²) < 4.78 is 11.0. The molecule has 0 aromatic heterocycles. The van der Waals surface area contributed by atoms with Crippen LogP contribution < -0.4 is 10.6 Å². The van der Waals surface area contributed by atoms with Crippen LogP contribution in [-0.2, 0) is 22.6 Å². The van der Waals surface area contributed by atoms with Gasteiger partial charge in [-0.2, -0.15) is 0 Å². The van der Waals surface area contributed by atoms with Gasteiger partial charge < -0.3 is 20.1 Å². The zero-order valence-corrected chi connectivity index (χ0v) is 19.9. The molecular formula is C21H37IN4O2. The van der Waals surface area contributed by atoms with E-state index in [0.717, 1.165) is 58.3 Å². The summed E-state index contributed by atoms with van der Waals surface area (Å²) in [4.78, 5) is 7.16. The number of morpholine rings is 1. The van der Waals surface area contributed by atoms with Gasteiger partial charge in [-0.3, -0.25) is 4.90 Å². The number of rotatable bonds is 10. The molecule has 2 N–H and O–H groups in total. The molecule has 160 valence electrons. The minimum atomic E-state index is 0. The molecule has 1 heterocycles. The fraction of sp³-hybridized carbons (Fsp3) is 0.667. The van der Waals surface area contributed by atoms with Crippen molar-refractivity contribution in [2.75, 3.05) is 45.9 Å². The van der Waals surface area contributed by atoms with Crippen LogP contribution in [0.3, 0.4) is 0 Å². The Hall–Kier alpha value is -0.900. The monoisotopic (exact) mass is 504 g/mol. The normalized spacial score (nSPS) is 15.4. The Bertz CT molecular complexity index is 546. The zero-order chi connectivity index (χ0) is 19.3. The van der Waals surface area contributed by atoms with Crippen LogP contribution in [0.15, 0.2) is 29.3 Å². The Balaban J connectivity index is 0.00000392. The first-order valence-electron chi connectivity index (χ1n) is 10.2. The Kier molecular flexibility index (Phi) is 13.5. The summed E-state index contributed by atoms with van der Waals surface area (Å²) in [7, 11) is 0. The molecular weight excluding hydrogens is 467 g/mol. The number of ether oxygens (including phenoxy) is 2. The van der Waals surface area contributed by atoms with Crippen LogP contribution in [0.5, 0.6) is 0 Å². The lowest BCUT2D eigenvalue weighted by Crippen LogP contribution is -2.40. The Labute approximate surface area is 187 Å². The highest BCUT2D eigenvalue weighted by Crippen LogP contribution is 2.08. The minimum Gasteiger partial charge on any atom is -0.379 e. The fourth-order valence-corrected chi connectivity index (χ4v) is 2.85. The van der Waals surface area contributed by atoms with Gasteiger partial charge in [-0.05, 0) is 44.9 Å². The molecule has 1 aliphatic heterocycles. The third-order valence-electron chi connectivity index (χ3n) is 4.42. The predicted octanol–water partition coefficient (Wildman–Crippen LogP) is 3.01. The average molecular weight is 504 g/mol. The Morgan fingerprint density at radius 2 is 1.82 bits per heavy atom. The molecule has 1 aromatic rings. The van der Waals surface area contributed by atoms with E-state index >= 15 is 0 Å². The van der Waals surface area contributed by atoms with Crippen molar-refractivity contribution < 1.29 is 9.47 Å². The summed E-state index contributed by atoms with van der Waals surface area (Å²) in [5, 5.41) is 6.76. The first kappa shape index (κ1) is 25.1. The van der Waals surface area contributed by atoms with Gasteiger partial charge in [-0.25, -0.2) is 4.99 Å². The SMILES string of the molecule is CCNC(=NCc1ccc(COC(C)C)cc1)NCCCN1CCOCC1.I. The molecule has 0 saturated carbocycles. The lowest BCUT2D eigenvalue weighted by molar-refractivity contribution is 0.0376. The fourth-order valence-electron chi connectivity index (χ4n) is 2.85. The summed E-state index contributed by atoms with van der Waals surface area (Å²) >= 11 is 0. The topological polar surface area (TPSA) is 58.1 Å². The number of aliphatic imine (C=N–C) groups is 1. The van der Waals surface area contributed by atoms with Gasteiger partial charge in [-0.15, -0.1) is 24.0 Å². The van der Waals surface area contributed by atoms with Crippen molar-refractivity contribution in [2.24, 2.45) is 4.99 Å². The molecule has 1 fully saturated rings. The highest BCUT2D eigenvalue weighted by molar-refractivity contribution is 14.0. The van der Waals surface area contributed by atoms with Crippen LogP contribution in [0.4, 0.5) is 0 Å². The van der Waals surface area contributed by atoms with Gasteiger partial charge in [0, 0.05) is 26.2 Å². The number of hydrogen-bond acceptors (Lipinski definition) is 4. The maximum absolute atomic E-state index is 5.64. The second-order valence-corrected chi connectivity index (χ2v) is 7.11. The summed E-state index contributed by atoms with van der Waals surface area (Å²) in [5.41, 5.74) is 2.40. The van der Waals surface area contributed by atoms with E-state index < -0.39 is 0 Å². The van der Waals surface area contributed by atoms with Crippen molar-refractivity contribution in [3.8, 4) is 0 Å². The summed E-state index contributed by atoms with van der Waals surface area (Å²) in [6.45, 7) is 14.2. The highest BCUT2D eigenvalue weighted by Gasteiger charge is 2.09. The number of halogens is 1. The number of nitrogens with zero attached hydrogens (tertiary/aromatic N) is 2. The van der Waals surface area contributed by atoms with Crippen molar-refractivity contribution in [3.05, 3.63) is 35.4 Å². The van der Waals surface area contributed by atoms with E-state index in [1.165, 1.54) is 11.1 Å². The van der Waals surface area contributed by atoms with Gasteiger partial charge in [0.05, 0.1) is 32.5 Å². The number of hydrogen-bond donors (Lipinski definition) is 2. The predicted molar refractivity (Wildman–Crippen MR) is 126 cm³/mol. The first-order valence-corrected chi connectivity index (χ1v) is 10.2. The summed E-state index contributed by atoms with van der Waals surface area (Å²) in [6, 6.07) is 8.50. The van der Waals surface area contributed by atoms with Crippen molar-refractivity contribution in [2.45, 2.75) is 46.4 Å². The second kappa shape index (κ2) is 15.0. The smallest absolute Gasteiger partial charge is 0.191 e. The molecule has 0 radical (unpaired) electrons. The van der Waals surface area contributed by atoms with Crippen LogP contribution in [0.1, 0.15) is 38.3 Å². The van der Waals surface area contributed by atoms with Crippen LogP contribution in [-0.4, -0.2) is 62.9 Å². The van der Waals surface area contributed by atoms with Crippen molar-refractivity contribution >= 4 is 29.9 Å². The summed E-state index contributed by atoms with van der Waals surface area (Å²) in [6.07, 6.45) is 1.36. The van der Waals surface area contributed by atoms with Crippen molar-refractivity contribution in [1.82, 2.24) is 15.5 Å². The maximum Gasteiger partial charge on any atom is 0.191 e. The molecule has 2 rings (SSSR count). The molecule has 0 atom stereocenters. The molecule has 7 heteroatoms. The molecule has 0 bridgehead atoms. The highest BCUT2D eigenvalue weighted by atomic mass is 127. The van der Waals surface area contributed by atoms with Gasteiger partial charge in [0.25, 0.3) is 0 Å². The van der Waals surface area contributed by atoms with Crippen LogP contribution in [0.2, 0.25) is 0 Å². The molecule has 0 spiro atoms. The van der Waals surface area contributed by atoms with E-state index in [9.17, 15) is 0 Å². The number of nitrogens with one attached hydrogen (secondary N) is 2. The third-order valence-corrected chi connectivity index (χ3v) is 4.42. The molecule has 0 aliphatic carbocycles. The lowest BCUT2D eigenvalue weighted by Gasteiger charge is -2.26. The van der Waals surface area contributed by atoms with Gasteiger partial charge in [0.15, 0.2) is 5.96 Å². The Morgan fingerprint density at radius 3 is 2.46 bits per heavy atom. The largest absolute Gasteiger partial charge is 0.379 e. The molecule has 1 saturated heterocycles. The van der Waals surface area contributed by atoms with E-state index in [0.29, 0.717) is 13.2 Å². The van der Waals surface area contributed by atoms with E-state index in [-0.39, 0.29) is 30.1 Å². The van der Waals surface area contributed by atoms with Crippen LogP contribution in [0.25, 0.3) is 0 Å². The quantitative estimate of drug-likeness (QED) is 0.222. The lowest BCUT2D eigenvalue weighted by atomic mass is 10.1. The van der Waals surface area contributed by atoms with E-state index in [1.807, 2.05) is 0 Å². The Morgan fingerprint density at radius 1 is 1.14 bits per heavy atom. The van der Waals surface area contributed by atoms with Gasteiger partial charge in [-0.1, -0.05) is 24.3 Å². The molecule has 0 unspecified atom stereocenters. The van der Waals surface area contributed by atoms with Gasteiger partial charge in [0.1, 0.15) is 0 Å². The second-order valence-electron chi connectivity index (χ2n) is 7.11. The van der Waals surface area contributed by atoms with E-state index in [1.54, 1.807) is 0 Å². The third kappa shape index (κ3) is 10.6. The van der Waals surface area contributed by atoms with Gasteiger partial charge in [0.2, 0.25) is 0 Å². The first-order chi connectivity index (χ1) is 13.2. The zero-order valence-electron chi connectivity index (χ0n) is 17.6. The van der Waals surface area contributed by atoms with Gasteiger partial charge >= 0.3 is 0 Å². The van der Waals surface area contributed by atoms with Crippen molar-refractivity contribution in [1.29, 1.82) is 0 Å². The van der Waals surface area contributed by atoms with E-state index in [4.69, 9.17) is 14.5 Å². The maximum atomic E-state index is 5.64. The van der Waals surface area contributed by atoms with Crippen LogP contribution >= 0.6 is 24.0 Å².